The number of nitrogens with one attached hydrogen (secondary N) is 1. The predicted molar refractivity (Wildman–Crippen MR) is 85.3 cm³/mol. The van der Waals surface area contributed by atoms with E-state index >= 15 is 0 Å². The first kappa shape index (κ1) is 15.8. The summed E-state index contributed by atoms with van der Waals surface area (Å²) < 4.78 is 4.10. The number of aromatic nitrogens is 4. The Kier molecular flexibility index (Phi) is 5.56. The first-order valence-corrected chi connectivity index (χ1v) is 7.97. The second-order valence-electron chi connectivity index (χ2n) is 5.41. The van der Waals surface area contributed by atoms with Crippen molar-refractivity contribution < 1.29 is 0 Å². The van der Waals surface area contributed by atoms with E-state index in [2.05, 4.69) is 60.2 Å². The van der Waals surface area contributed by atoms with Gasteiger partial charge in [0.15, 0.2) is 0 Å². The summed E-state index contributed by atoms with van der Waals surface area (Å²) in [7, 11) is 0. The second kappa shape index (κ2) is 7.41. The van der Waals surface area contributed by atoms with Crippen LogP contribution in [0.3, 0.4) is 0 Å². The Balaban J connectivity index is 2.09. The number of rotatable bonds is 8. The van der Waals surface area contributed by atoms with Crippen LogP contribution in [0.5, 0.6) is 0 Å². The van der Waals surface area contributed by atoms with E-state index in [1.807, 2.05) is 4.68 Å². The van der Waals surface area contributed by atoms with Gasteiger partial charge in [-0.1, -0.05) is 13.8 Å². The second-order valence-corrected chi connectivity index (χ2v) is 5.41. The summed E-state index contributed by atoms with van der Waals surface area (Å²) in [5.74, 6) is 0. The van der Waals surface area contributed by atoms with Gasteiger partial charge in [-0.05, 0) is 39.3 Å². The van der Waals surface area contributed by atoms with E-state index in [4.69, 9.17) is 0 Å². The monoisotopic (exact) mass is 289 g/mol. The van der Waals surface area contributed by atoms with Crippen LogP contribution in [0.2, 0.25) is 0 Å². The van der Waals surface area contributed by atoms with Gasteiger partial charge in [0.1, 0.15) is 0 Å². The fourth-order valence-electron chi connectivity index (χ4n) is 2.47. The molecule has 0 saturated carbocycles. The summed E-state index contributed by atoms with van der Waals surface area (Å²) in [6.07, 6.45) is 4.28. The van der Waals surface area contributed by atoms with E-state index in [1.54, 1.807) is 0 Å². The maximum Gasteiger partial charge on any atom is 0.0828 e. The molecule has 2 heterocycles. The van der Waals surface area contributed by atoms with Crippen LogP contribution in [0.25, 0.3) is 0 Å². The van der Waals surface area contributed by atoms with Crippen LogP contribution in [0.15, 0.2) is 12.3 Å². The highest BCUT2D eigenvalue weighted by Gasteiger charge is 2.09. The molecule has 0 saturated heterocycles. The van der Waals surface area contributed by atoms with Crippen LogP contribution in [0, 0.1) is 6.92 Å². The zero-order chi connectivity index (χ0) is 15.2. The molecule has 0 aromatic carbocycles. The quantitative estimate of drug-likeness (QED) is 0.760. The van der Waals surface area contributed by atoms with Crippen LogP contribution < -0.4 is 5.32 Å². The third-order valence-corrected chi connectivity index (χ3v) is 3.69. The average molecular weight is 289 g/mol. The van der Waals surface area contributed by atoms with Gasteiger partial charge in [0.25, 0.3) is 0 Å². The molecule has 0 amide bonds. The lowest BCUT2D eigenvalue weighted by Crippen LogP contribution is -2.14. The normalized spacial score (nSPS) is 11.2. The summed E-state index contributed by atoms with van der Waals surface area (Å²) in [4.78, 5) is 0. The number of hydrogen-bond acceptors (Lipinski definition) is 3. The van der Waals surface area contributed by atoms with Crippen LogP contribution in [-0.2, 0) is 26.1 Å². The molecule has 21 heavy (non-hydrogen) atoms. The Morgan fingerprint density at radius 3 is 2.67 bits per heavy atom. The molecule has 0 aliphatic heterocycles. The molecule has 0 atom stereocenters. The highest BCUT2D eigenvalue weighted by Crippen LogP contribution is 2.10. The summed E-state index contributed by atoms with van der Waals surface area (Å²) in [5.41, 5.74) is 4.77. The molecular formula is C16H27N5. The minimum absolute atomic E-state index is 0.787. The van der Waals surface area contributed by atoms with Crippen LogP contribution in [-0.4, -0.2) is 26.1 Å². The minimum atomic E-state index is 0.787. The van der Waals surface area contributed by atoms with Crippen molar-refractivity contribution in [1.82, 2.24) is 24.9 Å². The fourth-order valence-corrected chi connectivity index (χ4v) is 2.47. The molecule has 0 fully saturated rings. The zero-order valence-corrected chi connectivity index (χ0v) is 13.7. The van der Waals surface area contributed by atoms with Gasteiger partial charge in [-0.3, -0.25) is 9.36 Å². The van der Waals surface area contributed by atoms with Crippen molar-refractivity contribution in [2.24, 2.45) is 0 Å². The summed E-state index contributed by atoms with van der Waals surface area (Å²) in [5, 5.41) is 12.7. The van der Waals surface area contributed by atoms with Crippen molar-refractivity contribution in [2.45, 2.75) is 60.2 Å². The molecule has 2 aromatic rings. The standard InChI is InChI=1S/C16H27N5/c1-5-8-17-10-14-11-20(18-13(14)4)12-16-9-15(6-2)19-21(16)7-3/h9,11,17H,5-8,10,12H2,1-4H3. The molecule has 0 bridgehead atoms. The van der Waals surface area contributed by atoms with E-state index in [0.29, 0.717) is 0 Å². The van der Waals surface area contributed by atoms with E-state index in [1.165, 1.54) is 11.3 Å². The number of hydrogen-bond donors (Lipinski definition) is 1. The molecule has 1 N–H and O–H groups in total. The van der Waals surface area contributed by atoms with Crippen LogP contribution in [0.1, 0.15) is 49.8 Å². The molecule has 0 aliphatic rings. The van der Waals surface area contributed by atoms with Crippen LogP contribution in [0.4, 0.5) is 0 Å². The van der Waals surface area contributed by atoms with Crippen molar-refractivity contribution in [3.8, 4) is 0 Å². The predicted octanol–water partition coefficient (Wildman–Crippen LogP) is 2.52. The van der Waals surface area contributed by atoms with Gasteiger partial charge >= 0.3 is 0 Å². The third kappa shape index (κ3) is 3.94. The van der Waals surface area contributed by atoms with Crippen molar-refractivity contribution in [1.29, 1.82) is 0 Å². The van der Waals surface area contributed by atoms with Crippen molar-refractivity contribution >= 4 is 0 Å². The molecule has 116 valence electrons. The first-order chi connectivity index (χ1) is 10.2. The van der Waals surface area contributed by atoms with E-state index in [9.17, 15) is 0 Å². The van der Waals surface area contributed by atoms with Crippen molar-refractivity contribution in [3.05, 3.63) is 34.9 Å². The van der Waals surface area contributed by atoms with Gasteiger partial charge in [0.2, 0.25) is 0 Å². The smallest absolute Gasteiger partial charge is 0.0828 e. The Bertz CT molecular complexity index is 567. The summed E-state index contributed by atoms with van der Waals surface area (Å²) in [6, 6.07) is 2.19. The van der Waals surface area contributed by atoms with Gasteiger partial charge < -0.3 is 5.32 Å². The van der Waals surface area contributed by atoms with E-state index < -0.39 is 0 Å². The Morgan fingerprint density at radius 2 is 2.00 bits per heavy atom. The molecule has 5 heteroatoms. The molecule has 5 nitrogen and oxygen atoms in total. The lowest BCUT2D eigenvalue weighted by atomic mass is 10.2. The first-order valence-electron chi connectivity index (χ1n) is 7.97. The molecule has 0 radical (unpaired) electrons. The Hall–Kier alpha value is -1.62. The Labute approximate surface area is 127 Å². The zero-order valence-electron chi connectivity index (χ0n) is 13.7. The maximum absolute atomic E-state index is 4.63. The largest absolute Gasteiger partial charge is 0.313 e. The average Bonchev–Trinajstić information content (AvgIpc) is 3.03. The molecule has 0 unspecified atom stereocenters. The molecule has 2 aromatic heterocycles. The van der Waals surface area contributed by atoms with Gasteiger partial charge in [-0.15, -0.1) is 0 Å². The number of aryl methyl sites for hydroxylation is 3. The third-order valence-electron chi connectivity index (χ3n) is 3.69. The van der Waals surface area contributed by atoms with E-state index in [-0.39, 0.29) is 0 Å². The maximum atomic E-state index is 4.63. The van der Waals surface area contributed by atoms with Crippen molar-refractivity contribution in [3.63, 3.8) is 0 Å². The minimum Gasteiger partial charge on any atom is -0.313 e. The lowest BCUT2D eigenvalue weighted by molar-refractivity contribution is 0.572. The van der Waals surface area contributed by atoms with E-state index in [0.717, 1.165) is 50.4 Å². The lowest BCUT2D eigenvalue weighted by Gasteiger charge is -2.04. The molecule has 0 spiro atoms. The SMILES string of the molecule is CCCNCc1cn(Cc2cc(CC)nn2CC)nc1C. The topological polar surface area (TPSA) is 47.7 Å². The van der Waals surface area contributed by atoms with Crippen molar-refractivity contribution in [2.75, 3.05) is 6.54 Å². The number of nitrogens with zero attached hydrogens (tertiary/aromatic N) is 4. The molecule has 2 rings (SSSR count). The molecular weight excluding hydrogens is 262 g/mol. The highest BCUT2D eigenvalue weighted by atomic mass is 15.3. The fraction of sp³-hybridized carbons (Fsp3) is 0.625. The van der Waals surface area contributed by atoms with Crippen LogP contribution >= 0.6 is 0 Å². The Morgan fingerprint density at radius 1 is 1.19 bits per heavy atom. The van der Waals surface area contributed by atoms with Gasteiger partial charge in [0, 0.05) is 24.8 Å². The van der Waals surface area contributed by atoms with Gasteiger partial charge in [0.05, 0.1) is 23.6 Å². The van der Waals surface area contributed by atoms with Gasteiger partial charge in [-0.25, -0.2) is 0 Å². The summed E-state index contributed by atoms with van der Waals surface area (Å²) in [6.45, 7) is 12.2. The highest BCUT2D eigenvalue weighted by molar-refractivity contribution is 5.17. The van der Waals surface area contributed by atoms with Gasteiger partial charge in [-0.2, -0.15) is 10.2 Å². The molecule has 0 aliphatic carbocycles. The summed E-state index contributed by atoms with van der Waals surface area (Å²) >= 11 is 0.